The molecule has 1 heterocycles. The molecule has 122 valence electrons. The number of hydrogen-bond donors (Lipinski definition) is 2. The van der Waals surface area contributed by atoms with E-state index in [4.69, 9.17) is 0 Å². The smallest absolute Gasteiger partial charge is 0.339 e. The highest BCUT2D eigenvalue weighted by Crippen LogP contribution is 2.31. The Labute approximate surface area is 130 Å². The number of anilines is 3. The minimum atomic E-state index is -4.41. The number of rotatable bonds is 5. The van der Waals surface area contributed by atoms with Gasteiger partial charge in [-0.25, -0.2) is 0 Å². The number of nitrogens with one attached hydrogen (secondary N) is 2. The zero-order valence-electron chi connectivity index (χ0n) is 12.3. The fourth-order valence-corrected chi connectivity index (χ4v) is 1.82. The molecule has 0 saturated heterocycles. The molecular formula is C15H15F3N4O. The van der Waals surface area contributed by atoms with Gasteiger partial charge in [0.05, 0.1) is 5.56 Å². The molecule has 0 bridgehead atoms. The van der Waals surface area contributed by atoms with Gasteiger partial charge in [-0.3, -0.25) is 4.79 Å². The van der Waals surface area contributed by atoms with Crippen LogP contribution in [-0.2, 0) is 11.0 Å². The van der Waals surface area contributed by atoms with Crippen LogP contribution in [0.4, 0.5) is 30.5 Å². The molecule has 1 amide bonds. The van der Waals surface area contributed by atoms with Crippen molar-refractivity contribution in [1.29, 1.82) is 0 Å². The third-order valence-electron chi connectivity index (χ3n) is 2.87. The predicted molar refractivity (Wildman–Crippen MR) is 80.3 cm³/mol. The standard InChI is InChI=1S/C15H15F3N4O/c1-2-4-14(23)20-13-8-7-12(21-22-13)19-11-6-3-5-10(9-11)15(16,17)18/h3,5-9H,2,4H2,1H3,(H,19,21)(H,20,22,23). The Morgan fingerprint density at radius 3 is 2.43 bits per heavy atom. The van der Waals surface area contributed by atoms with Crippen LogP contribution in [0.2, 0.25) is 0 Å². The van der Waals surface area contributed by atoms with E-state index in [0.29, 0.717) is 12.8 Å². The van der Waals surface area contributed by atoms with Crippen molar-refractivity contribution >= 4 is 23.2 Å². The predicted octanol–water partition coefficient (Wildman–Crippen LogP) is 3.98. The van der Waals surface area contributed by atoms with Gasteiger partial charge < -0.3 is 10.6 Å². The molecule has 0 radical (unpaired) electrons. The summed E-state index contributed by atoms with van der Waals surface area (Å²) in [7, 11) is 0. The number of carbonyl (C=O) groups is 1. The van der Waals surface area contributed by atoms with E-state index >= 15 is 0 Å². The second-order valence-electron chi connectivity index (χ2n) is 4.81. The van der Waals surface area contributed by atoms with Crippen LogP contribution >= 0.6 is 0 Å². The summed E-state index contributed by atoms with van der Waals surface area (Å²) in [5.41, 5.74) is -0.504. The summed E-state index contributed by atoms with van der Waals surface area (Å²) in [6, 6.07) is 7.82. The first-order valence-electron chi connectivity index (χ1n) is 6.96. The van der Waals surface area contributed by atoms with Crippen molar-refractivity contribution in [1.82, 2.24) is 10.2 Å². The van der Waals surface area contributed by atoms with Gasteiger partial charge in [0.15, 0.2) is 11.6 Å². The van der Waals surface area contributed by atoms with Crippen LogP contribution in [-0.4, -0.2) is 16.1 Å². The summed E-state index contributed by atoms with van der Waals surface area (Å²) in [4.78, 5) is 11.4. The highest BCUT2D eigenvalue weighted by atomic mass is 19.4. The Balaban J connectivity index is 2.05. The lowest BCUT2D eigenvalue weighted by molar-refractivity contribution is -0.137. The molecule has 0 fully saturated rings. The lowest BCUT2D eigenvalue weighted by atomic mass is 10.2. The van der Waals surface area contributed by atoms with Crippen molar-refractivity contribution in [3.05, 3.63) is 42.0 Å². The lowest BCUT2D eigenvalue weighted by Crippen LogP contribution is -2.12. The van der Waals surface area contributed by atoms with E-state index in [0.717, 1.165) is 12.1 Å². The first-order chi connectivity index (χ1) is 10.9. The van der Waals surface area contributed by atoms with Gasteiger partial charge in [0.25, 0.3) is 0 Å². The van der Waals surface area contributed by atoms with Crippen LogP contribution in [0.15, 0.2) is 36.4 Å². The Kier molecular flexibility index (Phi) is 5.15. The number of halogens is 3. The fourth-order valence-electron chi connectivity index (χ4n) is 1.82. The molecule has 1 aromatic heterocycles. The van der Waals surface area contributed by atoms with Crippen LogP contribution in [0, 0.1) is 0 Å². The highest BCUT2D eigenvalue weighted by molar-refractivity contribution is 5.89. The van der Waals surface area contributed by atoms with Gasteiger partial charge in [-0.05, 0) is 36.8 Å². The minimum Gasteiger partial charge on any atom is -0.339 e. The molecular weight excluding hydrogens is 309 g/mol. The molecule has 2 aromatic rings. The maximum Gasteiger partial charge on any atom is 0.416 e. The molecule has 1 aromatic carbocycles. The highest BCUT2D eigenvalue weighted by Gasteiger charge is 2.30. The van der Waals surface area contributed by atoms with E-state index in [-0.39, 0.29) is 23.2 Å². The van der Waals surface area contributed by atoms with Gasteiger partial charge in [0, 0.05) is 12.1 Å². The molecule has 0 aliphatic carbocycles. The van der Waals surface area contributed by atoms with Crippen molar-refractivity contribution < 1.29 is 18.0 Å². The summed E-state index contributed by atoms with van der Waals surface area (Å²) in [6.07, 6.45) is -3.31. The molecule has 2 rings (SSSR count). The van der Waals surface area contributed by atoms with E-state index in [1.807, 2.05) is 6.92 Å². The summed E-state index contributed by atoms with van der Waals surface area (Å²) in [5.74, 6) is 0.399. The van der Waals surface area contributed by atoms with Crippen molar-refractivity contribution in [3.63, 3.8) is 0 Å². The molecule has 23 heavy (non-hydrogen) atoms. The zero-order valence-corrected chi connectivity index (χ0v) is 12.3. The number of alkyl halides is 3. The number of nitrogens with zero attached hydrogens (tertiary/aromatic N) is 2. The molecule has 0 unspecified atom stereocenters. The average molecular weight is 324 g/mol. The SMILES string of the molecule is CCCC(=O)Nc1ccc(Nc2cccc(C(F)(F)F)c2)nn1. The Morgan fingerprint density at radius 2 is 1.83 bits per heavy atom. The molecule has 0 aliphatic rings. The lowest BCUT2D eigenvalue weighted by Gasteiger charge is -2.10. The van der Waals surface area contributed by atoms with Gasteiger partial charge in [0.1, 0.15) is 0 Å². The van der Waals surface area contributed by atoms with Crippen molar-refractivity contribution in [3.8, 4) is 0 Å². The van der Waals surface area contributed by atoms with Crippen molar-refractivity contribution in [2.24, 2.45) is 0 Å². The van der Waals surface area contributed by atoms with Gasteiger partial charge >= 0.3 is 6.18 Å². The zero-order chi connectivity index (χ0) is 16.9. The van der Waals surface area contributed by atoms with E-state index in [2.05, 4.69) is 20.8 Å². The maximum absolute atomic E-state index is 12.6. The molecule has 5 nitrogen and oxygen atoms in total. The first-order valence-corrected chi connectivity index (χ1v) is 6.96. The van der Waals surface area contributed by atoms with Gasteiger partial charge in [0.2, 0.25) is 5.91 Å². The van der Waals surface area contributed by atoms with Crippen LogP contribution in [0.1, 0.15) is 25.3 Å². The average Bonchev–Trinajstić information content (AvgIpc) is 2.49. The molecule has 0 aliphatic heterocycles. The van der Waals surface area contributed by atoms with Crippen LogP contribution < -0.4 is 10.6 Å². The summed E-state index contributed by atoms with van der Waals surface area (Å²) >= 11 is 0. The van der Waals surface area contributed by atoms with Crippen LogP contribution in [0.3, 0.4) is 0 Å². The monoisotopic (exact) mass is 324 g/mol. The van der Waals surface area contributed by atoms with E-state index in [1.54, 1.807) is 0 Å². The van der Waals surface area contributed by atoms with Gasteiger partial charge in [-0.1, -0.05) is 13.0 Å². The fraction of sp³-hybridized carbons (Fsp3) is 0.267. The van der Waals surface area contributed by atoms with Crippen molar-refractivity contribution in [2.75, 3.05) is 10.6 Å². The van der Waals surface area contributed by atoms with Crippen molar-refractivity contribution in [2.45, 2.75) is 25.9 Å². The maximum atomic E-state index is 12.6. The first kappa shape index (κ1) is 16.7. The number of hydrogen-bond acceptors (Lipinski definition) is 4. The van der Waals surface area contributed by atoms with E-state index in [9.17, 15) is 18.0 Å². The number of aromatic nitrogens is 2. The summed E-state index contributed by atoms with van der Waals surface area (Å²) < 4.78 is 37.9. The quantitative estimate of drug-likeness (QED) is 0.873. The Bertz CT molecular complexity index is 671. The molecule has 8 heteroatoms. The second-order valence-corrected chi connectivity index (χ2v) is 4.81. The summed E-state index contributed by atoms with van der Waals surface area (Å²) in [5, 5.41) is 12.9. The second kappa shape index (κ2) is 7.08. The van der Waals surface area contributed by atoms with Gasteiger partial charge in [-0.15, -0.1) is 10.2 Å². The third-order valence-corrected chi connectivity index (χ3v) is 2.87. The number of benzene rings is 1. The van der Waals surface area contributed by atoms with Gasteiger partial charge in [-0.2, -0.15) is 13.2 Å². The van der Waals surface area contributed by atoms with Crippen LogP contribution in [0.5, 0.6) is 0 Å². The molecule has 0 saturated carbocycles. The number of carbonyl (C=O) groups excluding carboxylic acids is 1. The molecule has 0 atom stereocenters. The van der Waals surface area contributed by atoms with E-state index in [1.165, 1.54) is 24.3 Å². The number of amides is 1. The van der Waals surface area contributed by atoms with Crippen LogP contribution in [0.25, 0.3) is 0 Å². The normalized spacial score (nSPS) is 11.1. The van der Waals surface area contributed by atoms with E-state index < -0.39 is 11.7 Å². The Morgan fingerprint density at radius 1 is 1.13 bits per heavy atom. The largest absolute Gasteiger partial charge is 0.416 e. The summed E-state index contributed by atoms with van der Waals surface area (Å²) in [6.45, 7) is 1.88. The Hall–Kier alpha value is -2.64. The molecule has 2 N–H and O–H groups in total. The molecule has 0 spiro atoms. The minimum absolute atomic E-state index is 0.166. The topological polar surface area (TPSA) is 66.9 Å². The third kappa shape index (κ3) is 4.94.